The van der Waals surface area contributed by atoms with Gasteiger partial charge in [-0.15, -0.1) is 0 Å². The fourth-order valence-corrected chi connectivity index (χ4v) is 1.24. The van der Waals surface area contributed by atoms with Crippen molar-refractivity contribution in [2.45, 2.75) is 6.61 Å². The second-order valence-corrected chi connectivity index (χ2v) is 3.24. The van der Waals surface area contributed by atoms with Gasteiger partial charge in [-0.2, -0.15) is 0 Å². The summed E-state index contributed by atoms with van der Waals surface area (Å²) < 4.78 is 27.9. The molecular weight excluding hydrogens is 200 g/mol. The maximum Gasteiger partial charge on any atom is 0.150 e. The van der Waals surface area contributed by atoms with E-state index in [1.165, 1.54) is 12.1 Å². The largest absolute Gasteiger partial charge is 0.489 e. The summed E-state index contributed by atoms with van der Waals surface area (Å²) in [7, 11) is 0. The lowest BCUT2D eigenvalue weighted by atomic mass is 10.2. The predicted molar refractivity (Wildman–Crippen MR) is 62.6 cm³/mol. The smallest absolute Gasteiger partial charge is 0.150 e. The molecule has 0 fully saturated rings. The van der Waals surface area contributed by atoms with Gasteiger partial charge in [0.05, 0.1) is 2.74 Å². The third-order valence-corrected chi connectivity index (χ3v) is 2.06. The second-order valence-electron chi connectivity index (χ2n) is 3.24. The van der Waals surface area contributed by atoms with Crippen LogP contribution >= 0.6 is 0 Å². The quantitative estimate of drug-likeness (QED) is 0.732. The molecule has 0 radical (unpaired) electrons. The Labute approximate surface area is 98.7 Å². The van der Waals surface area contributed by atoms with Gasteiger partial charge in [0.15, 0.2) is 0 Å². The summed E-state index contributed by atoms with van der Waals surface area (Å²) in [5, 5.41) is 0. The summed E-state index contributed by atoms with van der Waals surface area (Å²) in [4.78, 5) is 10.9. The average Bonchev–Trinajstić information content (AvgIpc) is 2.38. The number of carbonyl (C=O) groups is 1. The first-order valence-corrected chi connectivity index (χ1v) is 4.87. The fourth-order valence-electron chi connectivity index (χ4n) is 1.24. The monoisotopic (exact) mass is 215 g/mol. The van der Waals surface area contributed by atoms with Gasteiger partial charge in [0.25, 0.3) is 0 Å². The van der Waals surface area contributed by atoms with Crippen LogP contribution < -0.4 is 4.74 Å². The van der Waals surface area contributed by atoms with Crippen molar-refractivity contribution in [1.29, 1.82) is 0 Å². The average molecular weight is 215 g/mol. The van der Waals surface area contributed by atoms with Gasteiger partial charge in [0.2, 0.25) is 0 Å². The molecule has 0 unspecified atom stereocenters. The maximum atomic E-state index is 10.9. The van der Waals surface area contributed by atoms with Crippen LogP contribution in [0.1, 0.15) is 20.0 Å². The number of ether oxygens (including phenoxy) is 1. The van der Waals surface area contributed by atoms with Gasteiger partial charge < -0.3 is 4.74 Å². The van der Waals surface area contributed by atoms with Crippen LogP contribution in [0.15, 0.2) is 54.5 Å². The summed E-state index contributed by atoms with van der Waals surface area (Å²) in [5.41, 5.74) is 0.962. The number of hydrogen-bond donors (Lipinski definition) is 0. The molecule has 80 valence electrons. The van der Waals surface area contributed by atoms with Crippen molar-refractivity contribution in [3.8, 4) is 5.75 Å². The van der Waals surface area contributed by atoms with E-state index in [0.29, 0.717) is 0 Å². The number of carbonyl (C=O) groups excluding carboxylic acids is 1. The Balaban J connectivity index is 2.19. The van der Waals surface area contributed by atoms with E-state index < -0.39 is 6.26 Å². The molecule has 2 aromatic carbocycles. The zero-order chi connectivity index (χ0) is 13.8. The van der Waals surface area contributed by atoms with Gasteiger partial charge in [-0.1, -0.05) is 30.3 Å². The maximum absolute atomic E-state index is 10.9. The highest BCUT2D eigenvalue weighted by molar-refractivity contribution is 5.74. The summed E-state index contributed by atoms with van der Waals surface area (Å²) in [6.07, 6.45) is -0.906. The van der Waals surface area contributed by atoms with Crippen molar-refractivity contribution >= 4 is 6.26 Å². The van der Waals surface area contributed by atoms with Crippen molar-refractivity contribution in [1.82, 2.24) is 0 Å². The van der Waals surface area contributed by atoms with E-state index in [1.54, 1.807) is 0 Å². The van der Waals surface area contributed by atoms with Crippen molar-refractivity contribution < 1.29 is 13.6 Å². The summed E-state index contributed by atoms with van der Waals surface area (Å²) in [6, 6.07) is 11.8. The molecule has 0 aromatic heterocycles. The lowest BCUT2D eigenvalue weighted by molar-refractivity contribution is 0.112. The van der Waals surface area contributed by atoms with E-state index in [4.69, 9.17) is 8.85 Å². The Bertz CT molecular complexity index is 574. The Morgan fingerprint density at radius 2 is 1.88 bits per heavy atom. The third-order valence-electron chi connectivity index (χ3n) is 2.06. The summed E-state index contributed by atoms with van der Waals surface area (Å²) >= 11 is 0. The first-order chi connectivity index (χ1) is 9.08. The molecule has 2 rings (SSSR count). The molecule has 0 saturated heterocycles. The van der Waals surface area contributed by atoms with E-state index >= 15 is 0 Å². The number of rotatable bonds is 4. The number of benzene rings is 2. The molecule has 0 atom stereocenters. The Kier molecular flexibility index (Phi) is 2.31. The van der Waals surface area contributed by atoms with E-state index in [0.717, 1.165) is 5.56 Å². The predicted octanol–water partition coefficient (Wildman–Crippen LogP) is 3.08. The number of hydrogen-bond acceptors (Lipinski definition) is 2. The lowest BCUT2D eigenvalue weighted by Gasteiger charge is -2.05. The molecule has 0 N–H and O–H groups in total. The molecule has 0 aliphatic heterocycles. The van der Waals surface area contributed by atoms with Crippen molar-refractivity contribution in [3.05, 3.63) is 65.7 Å². The Hall–Kier alpha value is -2.09. The van der Waals surface area contributed by atoms with Crippen LogP contribution in [-0.2, 0) is 6.61 Å². The highest BCUT2D eigenvalue weighted by Gasteiger charge is 1.95. The lowest BCUT2D eigenvalue weighted by Crippen LogP contribution is -1.94. The second kappa shape index (κ2) is 5.12. The summed E-state index contributed by atoms with van der Waals surface area (Å²) in [5.74, 6) is 0.119. The normalized spacial score (nSPS) is 12.4. The third kappa shape index (κ3) is 2.70. The molecule has 0 amide bonds. The molecule has 0 heterocycles. The van der Waals surface area contributed by atoms with Gasteiger partial charge in [0.1, 0.15) is 20.0 Å². The Morgan fingerprint density at radius 1 is 1.19 bits per heavy atom. The van der Waals surface area contributed by atoms with E-state index in [-0.39, 0.29) is 30.0 Å². The zero-order valence-electron chi connectivity index (χ0n) is 11.6. The van der Waals surface area contributed by atoms with Crippen LogP contribution in [0.25, 0.3) is 0 Å². The highest BCUT2D eigenvalue weighted by atomic mass is 16.5. The minimum atomic E-state index is -0.906. The van der Waals surface area contributed by atoms with Gasteiger partial charge in [-0.25, -0.2) is 0 Å². The zero-order valence-corrected chi connectivity index (χ0v) is 8.57. The van der Waals surface area contributed by atoms with Crippen LogP contribution in [0.2, 0.25) is 0 Å². The molecule has 0 spiro atoms. The Morgan fingerprint density at radius 3 is 2.50 bits per heavy atom. The van der Waals surface area contributed by atoms with Gasteiger partial charge in [-0.3, -0.25) is 4.79 Å². The van der Waals surface area contributed by atoms with Gasteiger partial charge >= 0.3 is 0 Å². The van der Waals surface area contributed by atoms with Crippen molar-refractivity contribution in [3.63, 3.8) is 0 Å². The first kappa shape index (κ1) is 7.23. The van der Waals surface area contributed by atoms with Gasteiger partial charge in [-0.05, 0) is 29.8 Å². The fraction of sp³-hybridized carbons (Fsp3) is 0.0714. The van der Waals surface area contributed by atoms with Crippen LogP contribution in [-0.4, -0.2) is 6.26 Å². The highest BCUT2D eigenvalue weighted by Crippen LogP contribution is 2.13. The van der Waals surface area contributed by atoms with Gasteiger partial charge in [0, 0.05) is 5.56 Å². The standard InChI is InChI=1S/C14H12O2/c15-10-12-6-8-14(9-7-12)16-11-13-4-2-1-3-5-13/h1-10H,11H2/i8D,9D,10D. The molecule has 2 aromatic rings. The van der Waals surface area contributed by atoms with E-state index in [9.17, 15) is 4.79 Å². The van der Waals surface area contributed by atoms with Crippen molar-refractivity contribution in [2.75, 3.05) is 0 Å². The van der Waals surface area contributed by atoms with Crippen molar-refractivity contribution in [2.24, 2.45) is 0 Å². The SMILES string of the molecule is [2H]C(=O)c1cc([2H])c(OCc2ccccc2)c([2H])c1. The van der Waals surface area contributed by atoms with Crippen LogP contribution in [0.5, 0.6) is 5.75 Å². The molecule has 2 heteroatoms. The van der Waals surface area contributed by atoms with E-state index in [1.807, 2.05) is 30.3 Å². The molecule has 0 aliphatic carbocycles. The minimum absolute atomic E-state index is 0.0297. The molecule has 16 heavy (non-hydrogen) atoms. The van der Waals surface area contributed by atoms with E-state index in [2.05, 4.69) is 0 Å². The molecular formula is C14H12O2. The topological polar surface area (TPSA) is 26.3 Å². The molecule has 0 bridgehead atoms. The first-order valence-electron chi connectivity index (χ1n) is 6.37. The summed E-state index contributed by atoms with van der Waals surface area (Å²) in [6.45, 7) is 0.257. The molecule has 0 aliphatic rings. The minimum Gasteiger partial charge on any atom is -0.489 e. The molecule has 0 saturated carbocycles. The van der Waals surface area contributed by atoms with Crippen LogP contribution in [0, 0.1) is 0 Å². The van der Waals surface area contributed by atoms with Crippen LogP contribution in [0.3, 0.4) is 0 Å². The number of aldehydes is 1. The molecule has 2 nitrogen and oxygen atoms in total. The van der Waals surface area contributed by atoms with Crippen LogP contribution in [0.4, 0.5) is 0 Å².